The summed E-state index contributed by atoms with van der Waals surface area (Å²) in [6.45, 7) is 4.35. The van der Waals surface area contributed by atoms with Crippen LogP contribution in [-0.4, -0.2) is 19.3 Å². The summed E-state index contributed by atoms with van der Waals surface area (Å²) in [4.78, 5) is 0. The Hall–Kier alpha value is -0.120. The second-order valence-corrected chi connectivity index (χ2v) is 4.69. The summed E-state index contributed by atoms with van der Waals surface area (Å²) in [5.74, 6) is 5.55. The van der Waals surface area contributed by atoms with Gasteiger partial charge in [-0.1, -0.05) is 39.0 Å². The molecule has 0 aliphatic rings. The second kappa shape index (κ2) is 11.4. The standard InChI is InChI=1S/C13H30N2O/c1-4-5-6-7-8-9-13(15-14)11-10-12(2)16-3/h12-13,15H,4-11,14H2,1-3H3. The van der Waals surface area contributed by atoms with Crippen molar-refractivity contribution >= 4 is 0 Å². The summed E-state index contributed by atoms with van der Waals surface area (Å²) in [5.41, 5.74) is 2.92. The molecule has 98 valence electrons. The van der Waals surface area contributed by atoms with E-state index < -0.39 is 0 Å². The summed E-state index contributed by atoms with van der Waals surface area (Å²) in [7, 11) is 1.76. The van der Waals surface area contributed by atoms with Gasteiger partial charge < -0.3 is 4.74 Å². The van der Waals surface area contributed by atoms with E-state index in [1.807, 2.05) is 0 Å². The van der Waals surface area contributed by atoms with Gasteiger partial charge in [-0.3, -0.25) is 11.3 Å². The zero-order valence-corrected chi connectivity index (χ0v) is 11.3. The quantitative estimate of drug-likeness (QED) is 0.326. The Labute approximate surface area is 101 Å². The van der Waals surface area contributed by atoms with E-state index in [0.717, 1.165) is 12.8 Å². The predicted octanol–water partition coefficient (Wildman–Crippen LogP) is 2.99. The number of ether oxygens (including phenoxy) is 1. The molecular weight excluding hydrogens is 200 g/mol. The number of hydrogen-bond acceptors (Lipinski definition) is 3. The highest BCUT2D eigenvalue weighted by atomic mass is 16.5. The first-order chi connectivity index (χ1) is 7.74. The molecular formula is C13H30N2O. The Morgan fingerprint density at radius 3 is 2.31 bits per heavy atom. The molecule has 0 rings (SSSR count). The number of methoxy groups -OCH3 is 1. The fraction of sp³-hybridized carbons (Fsp3) is 1.00. The van der Waals surface area contributed by atoms with E-state index in [4.69, 9.17) is 10.6 Å². The van der Waals surface area contributed by atoms with Crippen LogP contribution in [0.4, 0.5) is 0 Å². The molecule has 0 radical (unpaired) electrons. The lowest BCUT2D eigenvalue weighted by atomic mass is 10.0. The topological polar surface area (TPSA) is 47.3 Å². The predicted molar refractivity (Wildman–Crippen MR) is 70.2 cm³/mol. The van der Waals surface area contributed by atoms with Crippen LogP contribution in [0.1, 0.15) is 65.2 Å². The van der Waals surface area contributed by atoms with Gasteiger partial charge in [0, 0.05) is 13.2 Å². The SMILES string of the molecule is CCCCCCCC(CCC(C)OC)NN. The smallest absolute Gasteiger partial charge is 0.0543 e. The number of nitrogens with one attached hydrogen (secondary N) is 1. The molecule has 3 heteroatoms. The Bertz CT molecular complexity index is 142. The summed E-state index contributed by atoms with van der Waals surface area (Å²) in [5, 5.41) is 0. The Morgan fingerprint density at radius 2 is 1.75 bits per heavy atom. The third-order valence-electron chi connectivity index (χ3n) is 3.22. The lowest BCUT2D eigenvalue weighted by molar-refractivity contribution is 0.105. The molecule has 3 nitrogen and oxygen atoms in total. The van der Waals surface area contributed by atoms with Crippen molar-refractivity contribution in [3.63, 3.8) is 0 Å². The van der Waals surface area contributed by atoms with Gasteiger partial charge in [0.2, 0.25) is 0 Å². The van der Waals surface area contributed by atoms with Crippen LogP contribution >= 0.6 is 0 Å². The van der Waals surface area contributed by atoms with E-state index in [9.17, 15) is 0 Å². The van der Waals surface area contributed by atoms with Crippen LogP contribution in [0, 0.1) is 0 Å². The summed E-state index contributed by atoms with van der Waals surface area (Å²) in [6.07, 6.45) is 10.4. The van der Waals surface area contributed by atoms with Crippen molar-refractivity contribution in [2.75, 3.05) is 7.11 Å². The molecule has 0 aromatic heterocycles. The van der Waals surface area contributed by atoms with E-state index in [2.05, 4.69) is 19.3 Å². The third-order valence-corrected chi connectivity index (χ3v) is 3.22. The van der Waals surface area contributed by atoms with E-state index >= 15 is 0 Å². The number of unbranched alkanes of at least 4 members (excludes halogenated alkanes) is 4. The zero-order valence-electron chi connectivity index (χ0n) is 11.3. The molecule has 0 amide bonds. The molecule has 0 aromatic rings. The van der Waals surface area contributed by atoms with Crippen LogP contribution in [-0.2, 0) is 4.74 Å². The van der Waals surface area contributed by atoms with Crippen molar-refractivity contribution in [3.05, 3.63) is 0 Å². The van der Waals surface area contributed by atoms with Crippen LogP contribution in [0.15, 0.2) is 0 Å². The van der Waals surface area contributed by atoms with Crippen molar-refractivity contribution in [1.29, 1.82) is 0 Å². The van der Waals surface area contributed by atoms with Gasteiger partial charge in [-0.25, -0.2) is 0 Å². The van der Waals surface area contributed by atoms with Gasteiger partial charge in [0.15, 0.2) is 0 Å². The van der Waals surface area contributed by atoms with Gasteiger partial charge in [0.1, 0.15) is 0 Å². The molecule has 0 saturated carbocycles. The van der Waals surface area contributed by atoms with Crippen molar-refractivity contribution in [2.45, 2.75) is 77.4 Å². The van der Waals surface area contributed by atoms with E-state index in [-0.39, 0.29) is 0 Å². The fourth-order valence-corrected chi connectivity index (χ4v) is 1.86. The summed E-state index contributed by atoms with van der Waals surface area (Å²) < 4.78 is 5.23. The molecule has 0 heterocycles. The highest BCUT2D eigenvalue weighted by molar-refractivity contribution is 4.65. The lowest BCUT2D eigenvalue weighted by Gasteiger charge is -2.17. The van der Waals surface area contributed by atoms with Crippen molar-refractivity contribution in [1.82, 2.24) is 5.43 Å². The van der Waals surface area contributed by atoms with Crippen molar-refractivity contribution in [2.24, 2.45) is 5.84 Å². The molecule has 2 atom stereocenters. The molecule has 0 spiro atoms. The first kappa shape index (κ1) is 15.9. The monoisotopic (exact) mass is 230 g/mol. The van der Waals surface area contributed by atoms with Crippen LogP contribution in [0.3, 0.4) is 0 Å². The number of rotatable bonds is 11. The van der Waals surface area contributed by atoms with E-state index in [1.165, 1.54) is 38.5 Å². The highest BCUT2D eigenvalue weighted by Crippen LogP contribution is 2.11. The van der Waals surface area contributed by atoms with Crippen molar-refractivity contribution in [3.8, 4) is 0 Å². The molecule has 3 N–H and O–H groups in total. The Balaban J connectivity index is 3.43. The number of hydrogen-bond donors (Lipinski definition) is 2. The normalized spacial score (nSPS) is 15.0. The van der Waals surface area contributed by atoms with Gasteiger partial charge in [-0.15, -0.1) is 0 Å². The third kappa shape index (κ3) is 9.13. The van der Waals surface area contributed by atoms with Crippen LogP contribution in [0.5, 0.6) is 0 Å². The molecule has 0 aliphatic carbocycles. The van der Waals surface area contributed by atoms with Gasteiger partial charge in [-0.2, -0.15) is 0 Å². The van der Waals surface area contributed by atoms with Crippen LogP contribution < -0.4 is 11.3 Å². The fourth-order valence-electron chi connectivity index (χ4n) is 1.86. The molecule has 16 heavy (non-hydrogen) atoms. The number of nitrogens with two attached hydrogens (primary N) is 1. The maximum absolute atomic E-state index is 5.55. The maximum Gasteiger partial charge on any atom is 0.0543 e. The molecule has 0 saturated heterocycles. The van der Waals surface area contributed by atoms with Crippen LogP contribution in [0.25, 0.3) is 0 Å². The second-order valence-electron chi connectivity index (χ2n) is 4.69. The van der Waals surface area contributed by atoms with Gasteiger partial charge in [0.25, 0.3) is 0 Å². The number of hydrazine groups is 1. The minimum atomic E-state index is 0.343. The van der Waals surface area contributed by atoms with Gasteiger partial charge >= 0.3 is 0 Å². The van der Waals surface area contributed by atoms with Crippen molar-refractivity contribution < 1.29 is 4.74 Å². The average molecular weight is 230 g/mol. The first-order valence-electron chi connectivity index (χ1n) is 6.73. The Kier molecular flexibility index (Phi) is 11.3. The molecule has 0 aliphatic heterocycles. The van der Waals surface area contributed by atoms with Gasteiger partial charge in [0.05, 0.1) is 6.10 Å². The van der Waals surface area contributed by atoms with Crippen LogP contribution in [0.2, 0.25) is 0 Å². The minimum Gasteiger partial charge on any atom is -0.382 e. The first-order valence-corrected chi connectivity index (χ1v) is 6.73. The zero-order chi connectivity index (χ0) is 12.2. The average Bonchev–Trinajstić information content (AvgIpc) is 2.32. The lowest BCUT2D eigenvalue weighted by Crippen LogP contribution is -2.35. The minimum absolute atomic E-state index is 0.343. The molecule has 2 unspecified atom stereocenters. The summed E-state index contributed by atoms with van der Waals surface area (Å²) in [6, 6.07) is 0.458. The largest absolute Gasteiger partial charge is 0.382 e. The van der Waals surface area contributed by atoms with E-state index in [1.54, 1.807) is 7.11 Å². The Morgan fingerprint density at radius 1 is 1.06 bits per heavy atom. The van der Waals surface area contributed by atoms with E-state index in [0.29, 0.717) is 12.1 Å². The molecule has 0 bridgehead atoms. The highest BCUT2D eigenvalue weighted by Gasteiger charge is 2.08. The maximum atomic E-state index is 5.55. The molecule has 0 aromatic carbocycles. The summed E-state index contributed by atoms with van der Waals surface area (Å²) >= 11 is 0. The van der Waals surface area contributed by atoms with Gasteiger partial charge in [-0.05, 0) is 26.2 Å². The molecule has 0 fully saturated rings.